The normalized spacial score (nSPS) is 10.1. The highest BCUT2D eigenvalue weighted by Gasteiger charge is 2.18. The summed E-state index contributed by atoms with van der Waals surface area (Å²) in [7, 11) is 0. The summed E-state index contributed by atoms with van der Waals surface area (Å²) >= 11 is 5.03. The molecule has 0 aromatic heterocycles. The second-order valence-corrected chi connectivity index (χ2v) is 4.52. The van der Waals surface area contributed by atoms with Crippen molar-refractivity contribution in [3.8, 4) is 0 Å². The zero-order chi connectivity index (χ0) is 11.6. The number of benzene rings is 1. The quantitative estimate of drug-likeness (QED) is 0.265. The standard InChI is InChI=1S/C9H7BrINO3/c1-5-7(12(14)15)3-2-6(9(5)11)8(13)4-10/h2-3H,4H2,1H3. The maximum atomic E-state index is 11.4. The molecule has 0 fully saturated rings. The average molecular weight is 384 g/mol. The van der Waals surface area contributed by atoms with Gasteiger partial charge in [-0.2, -0.15) is 0 Å². The number of hydrogen-bond acceptors (Lipinski definition) is 3. The van der Waals surface area contributed by atoms with Gasteiger partial charge < -0.3 is 0 Å². The van der Waals surface area contributed by atoms with Gasteiger partial charge in [0.15, 0.2) is 5.78 Å². The first-order valence-corrected chi connectivity index (χ1v) is 6.21. The van der Waals surface area contributed by atoms with Crippen molar-refractivity contribution in [1.29, 1.82) is 0 Å². The maximum Gasteiger partial charge on any atom is 0.273 e. The molecule has 0 aliphatic rings. The fourth-order valence-electron chi connectivity index (χ4n) is 1.16. The lowest BCUT2D eigenvalue weighted by Crippen LogP contribution is -2.05. The van der Waals surface area contributed by atoms with Gasteiger partial charge in [0.2, 0.25) is 0 Å². The summed E-state index contributed by atoms with van der Waals surface area (Å²) in [5.74, 6) is -0.0719. The average Bonchev–Trinajstić information content (AvgIpc) is 2.20. The lowest BCUT2D eigenvalue weighted by atomic mass is 10.1. The summed E-state index contributed by atoms with van der Waals surface area (Å²) in [5.41, 5.74) is 1.11. The summed E-state index contributed by atoms with van der Waals surface area (Å²) in [6, 6.07) is 2.86. The summed E-state index contributed by atoms with van der Waals surface area (Å²) in [6.45, 7) is 1.64. The van der Waals surface area contributed by atoms with E-state index in [1.807, 2.05) is 22.6 Å². The number of Topliss-reactive ketones (excluding diaryl/α,β-unsaturated/α-hetero) is 1. The molecule has 0 saturated heterocycles. The van der Waals surface area contributed by atoms with Crippen LogP contribution in [-0.4, -0.2) is 16.0 Å². The van der Waals surface area contributed by atoms with Gasteiger partial charge in [0.1, 0.15) is 0 Å². The molecule has 0 spiro atoms. The highest BCUT2D eigenvalue weighted by molar-refractivity contribution is 14.1. The van der Waals surface area contributed by atoms with Crippen molar-refractivity contribution in [2.45, 2.75) is 6.92 Å². The molecule has 6 heteroatoms. The van der Waals surface area contributed by atoms with Crippen LogP contribution in [0.15, 0.2) is 12.1 Å². The number of halogens is 2. The number of carbonyl (C=O) groups excluding carboxylic acids is 1. The van der Waals surface area contributed by atoms with Crippen LogP contribution in [-0.2, 0) is 0 Å². The van der Waals surface area contributed by atoms with E-state index < -0.39 is 4.92 Å². The minimum Gasteiger partial charge on any atom is -0.293 e. The predicted molar refractivity (Wildman–Crippen MR) is 68.7 cm³/mol. The van der Waals surface area contributed by atoms with Crippen molar-refractivity contribution < 1.29 is 9.72 Å². The van der Waals surface area contributed by atoms with E-state index in [-0.39, 0.29) is 16.8 Å². The number of rotatable bonds is 3. The smallest absolute Gasteiger partial charge is 0.273 e. The van der Waals surface area contributed by atoms with Crippen LogP contribution < -0.4 is 0 Å². The molecule has 1 aromatic carbocycles. The number of ketones is 1. The molecule has 1 rings (SSSR count). The van der Waals surface area contributed by atoms with E-state index in [2.05, 4.69) is 15.9 Å². The molecule has 0 saturated carbocycles. The molecule has 80 valence electrons. The summed E-state index contributed by atoms with van der Waals surface area (Å²) in [4.78, 5) is 21.6. The largest absolute Gasteiger partial charge is 0.293 e. The molecule has 0 amide bonds. The third-order valence-corrected chi connectivity index (χ3v) is 3.88. The molecule has 0 radical (unpaired) electrons. The van der Waals surface area contributed by atoms with Crippen LogP contribution in [0.2, 0.25) is 0 Å². The molecule has 0 atom stereocenters. The Bertz CT molecular complexity index is 434. The Balaban J connectivity index is 3.33. The second kappa shape index (κ2) is 5.02. The van der Waals surface area contributed by atoms with Gasteiger partial charge in [-0.05, 0) is 35.6 Å². The predicted octanol–water partition coefficient (Wildman–Crippen LogP) is 3.09. The maximum absolute atomic E-state index is 11.4. The topological polar surface area (TPSA) is 60.2 Å². The Morgan fingerprint density at radius 1 is 1.60 bits per heavy atom. The Morgan fingerprint density at radius 2 is 2.20 bits per heavy atom. The number of nitrogens with zero attached hydrogens (tertiary/aromatic N) is 1. The summed E-state index contributed by atoms with van der Waals surface area (Å²) < 4.78 is 0.645. The number of nitro groups is 1. The van der Waals surface area contributed by atoms with Gasteiger partial charge in [-0.15, -0.1) is 0 Å². The van der Waals surface area contributed by atoms with Gasteiger partial charge in [-0.3, -0.25) is 14.9 Å². The molecule has 4 nitrogen and oxygen atoms in total. The molecule has 15 heavy (non-hydrogen) atoms. The highest BCUT2D eigenvalue weighted by atomic mass is 127. The first kappa shape index (κ1) is 12.6. The van der Waals surface area contributed by atoms with E-state index in [9.17, 15) is 14.9 Å². The number of hydrogen-bond donors (Lipinski definition) is 0. The van der Waals surface area contributed by atoms with Crippen molar-refractivity contribution in [2.24, 2.45) is 0 Å². The summed E-state index contributed by atoms with van der Waals surface area (Å²) in [6.07, 6.45) is 0. The van der Waals surface area contributed by atoms with Crippen LogP contribution in [0.5, 0.6) is 0 Å². The Morgan fingerprint density at radius 3 is 2.67 bits per heavy atom. The van der Waals surface area contributed by atoms with Crippen LogP contribution in [0.25, 0.3) is 0 Å². The third kappa shape index (κ3) is 2.54. The number of nitro benzene ring substituents is 1. The van der Waals surface area contributed by atoms with Crippen molar-refractivity contribution >= 4 is 50.0 Å². The molecule has 1 aromatic rings. The van der Waals surface area contributed by atoms with Gasteiger partial charge >= 0.3 is 0 Å². The lowest BCUT2D eigenvalue weighted by Gasteiger charge is -2.05. The van der Waals surface area contributed by atoms with Gasteiger partial charge in [0.05, 0.1) is 10.3 Å². The minimum absolute atomic E-state index is 0.0468. The number of carbonyl (C=O) groups is 1. The molecular formula is C9H7BrINO3. The van der Waals surface area contributed by atoms with Crippen LogP contribution in [0, 0.1) is 20.6 Å². The molecule has 0 unspecified atom stereocenters. The summed E-state index contributed by atoms with van der Waals surface area (Å²) in [5, 5.41) is 10.9. The van der Waals surface area contributed by atoms with Crippen molar-refractivity contribution in [2.75, 3.05) is 5.33 Å². The first-order valence-electron chi connectivity index (χ1n) is 4.01. The number of alkyl halides is 1. The van der Waals surface area contributed by atoms with E-state index in [1.54, 1.807) is 6.92 Å². The van der Waals surface area contributed by atoms with Crippen molar-refractivity contribution in [3.05, 3.63) is 36.9 Å². The van der Waals surface area contributed by atoms with E-state index >= 15 is 0 Å². The van der Waals surface area contributed by atoms with Gasteiger partial charge in [-0.1, -0.05) is 15.9 Å². The second-order valence-electron chi connectivity index (χ2n) is 2.89. The molecular weight excluding hydrogens is 377 g/mol. The molecule has 0 heterocycles. The molecule has 0 N–H and O–H groups in total. The molecule has 0 bridgehead atoms. The van der Waals surface area contributed by atoms with Gasteiger partial charge in [0.25, 0.3) is 5.69 Å². The minimum atomic E-state index is -0.445. The monoisotopic (exact) mass is 383 g/mol. The molecule has 0 aliphatic carbocycles. The Labute approximate surface area is 108 Å². The molecule has 0 aliphatic heterocycles. The zero-order valence-electron chi connectivity index (χ0n) is 7.79. The van der Waals surface area contributed by atoms with E-state index in [0.717, 1.165) is 0 Å². The van der Waals surface area contributed by atoms with Crippen LogP contribution >= 0.6 is 38.5 Å². The van der Waals surface area contributed by atoms with E-state index in [4.69, 9.17) is 0 Å². The van der Waals surface area contributed by atoms with E-state index in [1.165, 1.54) is 12.1 Å². The Hall–Kier alpha value is -0.500. The van der Waals surface area contributed by atoms with Crippen LogP contribution in [0.1, 0.15) is 15.9 Å². The fourth-order valence-corrected chi connectivity index (χ4v) is 2.22. The lowest BCUT2D eigenvalue weighted by molar-refractivity contribution is -0.385. The Kier molecular flexibility index (Phi) is 4.21. The zero-order valence-corrected chi connectivity index (χ0v) is 11.5. The first-order chi connectivity index (χ1) is 6.99. The van der Waals surface area contributed by atoms with Crippen molar-refractivity contribution in [1.82, 2.24) is 0 Å². The van der Waals surface area contributed by atoms with E-state index in [0.29, 0.717) is 14.7 Å². The van der Waals surface area contributed by atoms with Gasteiger partial charge in [-0.25, -0.2) is 0 Å². The van der Waals surface area contributed by atoms with Crippen LogP contribution in [0.4, 0.5) is 5.69 Å². The SMILES string of the molecule is Cc1c([N+](=O)[O-])ccc(C(=O)CBr)c1I. The van der Waals surface area contributed by atoms with Crippen LogP contribution in [0.3, 0.4) is 0 Å². The van der Waals surface area contributed by atoms with Gasteiger partial charge in [0, 0.05) is 20.8 Å². The highest BCUT2D eigenvalue weighted by Crippen LogP contribution is 2.26. The third-order valence-electron chi connectivity index (χ3n) is 1.98. The van der Waals surface area contributed by atoms with Crippen molar-refractivity contribution in [3.63, 3.8) is 0 Å². The fraction of sp³-hybridized carbons (Fsp3) is 0.222.